The van der Waals surface area contributed by atoms with Gasteiger partial charge in [-0.15, -0.1) is 11.3 Å². The Morgan fingerprint density at radius 1 is 1.08 bits per heavy atom. The average Bonchev–Trinajstić information content (AvgIpc) is 3.20. The summed E-state index contributed by atoms with van der Waals surface area (Å²) in [5.74, 6) is 0.791. The van der Waals surface area contributed by atoms with Crippen LogP contribution in [0.2, 0.25) is 0 Å². The summed E-state index contributed by atoms with van der Waals surface area (Å²) in [6, 6.07) is 14.7. The number of aromatic nitrogens is 2. The van der Waals surface area contributed by atoms with Gasteiger partial charge in [-0.05, 0) is 50.6 Å². The summed E-state index contributed by atoms with van der Waals surface area (Å²) < 4.78 is 2.00. The molecule has 5 nitrogen and oxygen atoms in total. The Balaban J connectivity index is 1.68. The third-order valence-corrected chi connectivity index (χ3v) is 5.13. The monoisotopic (exact) mass is 367 g/mol. The summed E-state index contributed by atoms with van der Waals surface area (Å²) in [5.41, 5.74) is 4.42. The van der Waals surface area contributed by atoms with E-state index in [4.69, 9.17) is 0 Å². The molecule has 2 aromatic heterocycles. The maximum absolute atomic E-state index is 4.61. The Bertz CT molecular complexity index is 907. The summed E-state index contributed by atoms with van der Waals surface area (Å²) in [6.07, 6.45) is 0. The first-order valence-corrected chi connectivity index (χ1v) is 9.50. The molecule has 26 heavy (non-hydrogen) atoms. The SMILES string of the molecule is CN=C(NCc1ccc(C)s1)NCc1ccccc1-n1nc(C)cc1C. The van der Waals surface area contributed by atoms with Crippen LogP contribution in [-0.4, -0.2) is 22.8 Å². The predicted molar refractivity (Wildman–Crippen MR) is 109 cm³/mol. The molecule has 2 N–H and O–H groups in total. The summed E-state index contributed by atoms with van der Waals surface area (Å²) in [4.78, 5) is 6.95. The molecule has 0 atom stereocenters. The lowest BCUT2D eigenvalue weighted by atomic mass is 10.1. The van der Waals surface area contributed by atoms with Gasteiger partial charge >= 0.3 is 0 Å². The summed E-state index contributed by atoms with van der Waals surface area (Å²) in [5, 5.41) is 11.4. The third-order valence-electron chi connectivity index (χ3n) is 4.13. The number of nitrogens with one attached hydrogen (secondary N) is 2. The molecule has 0 aliphatic carbocycles. The molecule has 2 heterocycles. The number of hydrogen-bond acceptors (Lipinski definition) is 3. The van der Waals surface area contributed by atoms with Crippen molar-refractivity contribution < 1.29 is 0 Å². The van der Waals surface area contributed by atoms with E-state index in [1.807, 2.05) is 17.7 Å². The Labute approximate surface area is 158 Å². The van der Waals surface area contributed by atoms with Crippen molar-refractivity contribution >= 4 is 17.3 Å². The van der Waals surface area contributed by atoms with E-state index in [1.165, 1.54) is 15.3 Å². The fraction of sp³-hybridized carbons (Fsp3) is 0.300. The zero-order valence-corrected chi connectivity index (χ0v) is 16.5. The van der Waals surface area contributed by atoms with Crippen LogP contribution in [-0.2, 0) is 13.1 Å². The molecule has 0 saturated heterocycles. The molecule has 3 rings (SSSR count). The number of aryl methyl sites for hydroxylation is 3. The largest absolute Gasteiger partial charge is 0.352 e. The van der Waals surface area contributed by atoms with Gasteiger partial charge in [0.05, 0.1) is 17.9 Å². The molecule has 0 aliphatic heterocycles. The van der Waals surface area contributed by atoms with E-state index in [-0.39, 0.29) is 0 Å². The molecule has 6 heteroatoms. The summed E-state index contributed by atoms with van der Waals surface area (Å²) >= 11 is 1.80. The summed E-state index contributed by atoms with van der Waals surface area (Å²) in [6.45, 7) is 7.67. The number of rotatable bonds is 5. The van der Waals surface area contributed by atoms with E-state index < -0.39 is 0 Å². The maximum atomic E-state index is 4.61. The smallest absolute Gasteiger partial charge is 0.191 e. The quantitative estimate of drug-likeness (QED) is 0.534. The van der Waals surface area contributed by atoms with E-state index in [9.17, 15) is 0 Å². The molecule has 0 radical (unpaired) electrons. The van der Waals surface area contributed by atoms with Gasteiger partial charge in [-0.1, -0.05) is 18.2 Å². The second-order valence-corrected chi connectivity index (χ2v) is 7.63. The highest BCUT2D eigenvalue weighted by atomic mass is 32.1. The predicted octanol–water partition coefficient (Wildman–Crippen LogP) is 3.72. The molecule has 0 aliphatic rings. The highest BCUT2D eigenvalue weighted by Crippen LogP contribution is 2.17. The first-order chi connectivity index (χ1) is 12.6. The molecule has 3 aromatic rings. The normalized spacial score (nSPS) is 11.6. The Kier molecular flexibility index (Phi) is 5.73. The van der Waals surface area contributed by atoms with Crippen LogP contribution in [0.5, 0.6) is 0 Å². The van der Waals surface area contributed by atoms with Crippen molar-refractivity contribution in [1.82, 2.24) is 20.4 Å². The number of para-hydroxylation sites is 1. The van der Waals surface area contributed by atoms with Crippen molar-refractivity contribution in [3.05, 3.63) is 69.2 Å². The molecule has 0 saturated carbocycles. The molecular formula is C20H25N5S. The second kappa shape index (κ2) is 8.19. The van der Waals surface area contributed by atoms with Crippen LogP contribution in [0.4, 0.5) is 0 Å². The molecule has 0 bridgehead atoms. The summed E-state index contributed by atoms with van der Waals surface area (Å²) in [7, 11) is 1.79. The lowest BCUT2D eigenvalue weighted by Crippen LogP contribution is -2.36. The van der Waals surface area contributed by atoms with Crippen molar-refractivity contribution in [3.8, 4) is 5.69 Å². The number of benzene rings is 1. The fourth-order valence-corrected chi connectivity index (χ4v) is 3.72. The molecule has 0 unspecified atom stereocenters. The Hall–Kier alpha value is -2.60. The van der Waals surface area contributed by atoms with Crippen molar-refractivity contribution in [2.75, 3.05) is 7.05 Å². The third kappa shape index (κ3) is 4.32. The van der Waals surface area contributed by atoms with Gasteiger partial charge in [-0.25, -0.2) is 4.68 Å². The number of guanidine groups is 1. The van der Waals surface area contributed by atoms with Crippen LogP contribution in [0.25, 0.3) is 5.69 Å². The van der Waals surface area contributed by atoms with E-state index in [0.29, 0.717) is 6.54 Å². The second-order valence-electron chi connectivity index (χ2n) is 6.26. The molecule has 136 valence electrons. The lowest BCUT2D eigenvalue weighted by molar-refractivity contribution is 0.783. The zero-order chi connectivity index (χ0) is 18.5. The van der Waals surface area contributed by atoms with Crippen molar-refractivity contribution in [2.45, 2.75) is 33.9 Å². The minimum Gasteiger partial charge on any atom is -0.352 e. The first kappa shape index (κ1) is 18.2. The van der Waals surface area contributed by atoms with Gasteiger partial charge in [-0.3, -0.25) is 4.99 Å². The van der Waals surface area contributed by atoms with E-state index in [2.05, 4.69) is 71.0 Å². The van der Waals surface area contributed by atoms with Crippen LogP contribution in [0.15, 0.2) is 47.5 Å². The Morgan fingerprint density at radius 3 is 2.50 bits per heavy atom. The highest BCUT2D eigenvalue weighted by Gasteiger charge is 2.09. The van der Waals surface area contributed by atoms with Crippen LogP contribution in [0.1, 0.15) is 26.7 Å². The van der Waals surface area contributed by atoms with Crippen molar-refractivity contribution in [1.29, 1.82) is 0 Å². The van der Waals surface area contributed by atoms with Crippen molar-refractivity contribution in [3.63, 3.8) is 0 Å². The standard InChI is InChI=1S/C20H25N5S/c1-14-11-15(2)25(24-14)19-8-6-5-7-17(19)12-22-20(21-4)23-13-18-10-9-16(3)26-18/h5-11H,12-13H2,1-4H3,(H2,21,22,23). The van der Waals surface area contributed by atoms with E-state index in [1.54, 1.807) is 18.4 Å². The molecule has 1 aromatic carbocycles. The van der Waals surface area contributed by atoms with Gasteiger partial charge in [0, 0.05) is 29.0 Å². The maximum Gasteiger partial charge on any atom is 0.191 e. The van der Waals surface area contributed by atoms with Gasteiger partial charge in [0.25, 0.3) is 0 Å². The number of thiophene rings is 1. The Morgan fingerprint density at radius 2 is 1.85 bits per heavy atom. The van der Waals surface area contributed by atoms with Gasteiger partial charge < -0.3 is 10.6 Å². The highest BCUT2D eigenvalue weighted by molar-refractivity contribution is 7.11. The van der Waals surface area contributed by atoms with Gasteiger partial charge in [0.15, 0.2) is 5.96 Å². The zero-order valence-electron chi connectivity index (χ0n) is 15.7. The van der Waals surface area contributed by atoms with Gasteiger partial charge in [0.2, 0.25) is 0 Å². The van der Waals surface area contributed by atoms with Crippen LogP contribution in [0, 0.1) is 20.8 Å². The van der Waals surface area contributed by atoms with Crippen molar-refractivity contribution in [2.24, 2.45) is 4.99 Å². The topological polar surface area (TPSA) is 54.2 Å². The molecule has 0 amide bonds. The first-order valence-electron chi connectivity index (χ1n) is 8.68. The van der Waals surface area contributed by atoms with Gasteiger partial charge in [0.1, 0.15) is 0 Å². The van der Waals surface area contributed by atoms with Crippen LogP contribution >= 0.6 is 11.3 Å². The fourth-order valence-electron chi connectivity index (χ4n) is 2.89. The number of nitrogens with zero attached hydrogens (tertiary/aromatic N) is 3. The average molecular weight is 368 g/mol. The molecule has 0 spiro atoms. The molecular weight excluding hydrogens is 342 g/mol. The van der Waals surface area contributed by atoms with Crippen LogP contribution < -0.4 is 10.6 Å². The van der Waals surface area contributed by atoms with E-state index >= 15 is 0 Å². The minimum absolute atomic E-state index is 0.678. The van der Waals surface area contributed by atoms with E-state index in [0.717, 1.165) is 29.6 Å². The lowest BCUT2D eigenvalue weighted by Gasteiger charge is -2.14. The minimum atomic E-state index is 0.678. The van der Waals surface area contributed by atoms with Gasteiger partial charge in [-0.2, -0.15) is 5.10 Å². The van der Waals surface area contributed by atoms with Crippen LogP contribution in [0.3, 0.4) is 0 Å². The molecule has 0 fully saturated rings. The number of hydrogen-bond donors (Lipinski definition) is 2. The number of aliphatic imine (C=N–C) groups is 1.